The van der Waals surface area contributed by atoms with E-state index in [1.807, 2.05) is 11.3 Å². The molecule has 0 atom stereocenters. The first kappa shape index (κ1) is 11.6. The molecule has 4 heteroatoms. The number of hydrogen-bond acceptors (Lipinski definition) is 2. The zero-order chi connectivity index (χ0) is 12.8. The Hall–Kier alpha value is -1.84. The van der Waals surface area contributed by atoms with Gasteiger partial charge in [-0.1, -0.05) is 20.8 Å². The molecule has 0 amide bonds. The fraction of sp³-hybridized carbons (Fsp3) is 0.385. The van der Waals surface area contributed by atoms with Crippen LogP contribution in [0.4, 0.5) is 0 Å². The standard InChI is InChI=1S/C13H16N2O2/c1-8-10-7-9(11(16)17)5-6-15(10)12(14-8)13(2,3)4/h5-7H,1-4H3,(H,16,17). The molecule has 4 nitrogen and oxygen atoms in total. The number of pyridine rings is 1. The second kappa shape index (κ2) is 3.58. The van der Waals surface area contributed by atoms with Crippen molar-refractivity contribution in [1.29, 1.82) is 0 Å². The number of aryl methyl sites for hydroxylation is 1. The van der Waals surface area contributed by atoms with Crippen LogP contribution in [0.3, 0.4) is 0 Å². The van der Waals surface area contributed by atoms with E-state index in [0.717, 1.165) is 17.0 Å². The van der Waals surface area contributed by atoms with Crippen LogP contribution in [0.2, 0.25) is 0 Å². The number of rotatable bonds is 1. The number of imidazole rings is 1. The van der Waals surface area contributed by atoms with Gasteiger partial charge in [-0.2, -0.15) is 0 Å². The minimum Gasteiger partial charge on any atom is -0.478 e. The quantitative estimate of drug-likeness (QED) is 0.822. The maximum atomic E-state index is 10.9. The summed E-state index contributed by atoms with van der Waals surface area (Å²) in [4.78, 5) is 15.5. The molecular weight excluding hydrogens is 216 g/mol. The summed E-state index contributed by atoms with van der Waals surface area (Å²) in [5.41, 5.74) is 1.94. The van der Waals surface area contributed by atoms with Gasteiger partial charge in [0.1, 0.15) is 5.82 Å². The van der Waals surface area contributed by atoms with Crippen molar-refractivity contribution in [2.45, 2.75) is 33.1 Å². The highest BCUT2D eigenvalue weighted by molar-refractivity contribution is 5.89. The molecule has 90 valence electrons. The van der Waals surface area contributed by atoms with Crippen molar-refractivity contribution in [3.05, 3.63) is 35.4 Å². The van der Waals surface area contributed by atoms with Crippen molar-refractivity contribution in [1.82, 2.24) is 9.38 Å². The highest BCUT2D eigenvalue weighted by Crippen LogP contribution is 2.24. The lowest BCUT2D eigenvalue weighted by Gasteiger charge is -2.16. The number of aromatic carboxylic acids is 1. The van der Waals surface area contributed by atoms with E-state index in [0.29, 0.717) is 5.56 Å². The Labute approximate surface area is 99.9 Å². The fourth-order valence-electron chi connectivity index (χ4n) is 1.90. The average molecular weight is 232 g/mol. The third kappa shape index (κ3) is 1.90. The van der Waals surface area contributed by atoms with Crippen LogP contribution in [0.25, 0.3) is 5.52 Å². The van der Waals surface area contributed by atoms with E-state index in [4.69, 9.17) is 5.11 Å². The van der Waals surface area contributed by atoms with Gasteiger partial charge in [-0.15, -0.1) is 0 Å². The van der Waals surface area contributed by atoms with Gasteiger partial charge in [0.2, 0.25) is 0 Å². The van der Waals surface area contributed by atoms with Gasteiger partial charge in [0.05, 0.1) is 16.8 Å². The molecule has 0 aromatic carbocycles. The van der Waals surface area contributed by atoms with Crippen molar-refractivity contribution in [3.63, 3.8) is 0 Å². The Morgan fingerprint density at radius 1 is 1.41 bits per heavy atom. The first-order valence-corrected chi connectivity index (χ1v) is 5.53. The molecule has 0 spiro atoms. The van der Waals surface area contributed by atoms with E-state index in [2.05, 4.69) is 25.8 Å². The number of aromatic nitrogens is 2. The topological polar surface area (TPSA) is 54.6 Å². The summed E-state index contributed by atoms with van der Waals surface area (Å²) in [7, 11) is 0. The highest BCUT2D eigenvalue weighted by Gasteiger charge is 2.21. The molecule has 0 aliphatic heterocycles. The Morgan fingerprint density at radius 3 is 2.59 bits per heavy atom. The molecule has 0 radical (unpaired) electrons. The Kier molecular flexibility index (Phi) is 2.45. The first-order chi connectivity index (χ1) is 7.80. The molecule has 0 saturated heterocycles. The van der Waals surface area contributed by atoms with Gasteiger partial charge in [-0.05, 0) is 19.1 Å². The van der Waals surface area contributed by atoms with Crippen molar-refractivity contribution in [3.8, 4) is 0 Å². The number of carboxylic acids is 1. The minimum atomic E-state index is -0.912. The van der Waals surface area contributed by atoms with Crippen LogP contribution >= 0.6 is 0 Å². The monoisotopic (exact) mass is 232 g/mol. The highest BCUT2D eigenvalue weighted by atomic mass is 16.4. The van der Waals surface area contributed by atoms with Crippen LogP contribution in [0.1, 0.15) is 42.6 Å². The molecule has 2 heterocycles. The third-order valence-corrected chi connectivity index (χ3v) is 2.75. The molecule has 2 aromatic heterocycles. The molecule has 2 rings (SSSR count). The predicted octanol–water partition coefficient (Wildman–Crippen LogP) is 2.64. The number of hydrogen-bond donors (Lipinski definition) is 1. The summed E-state index contributed by atoms with van der Waals surface area (Å²) < 4.78 is 1.96. The van der Waals surface area contributed by atoms with Crippen molar-refractivity contribution < 1.29 is 9.90 Å². The summed E-state index contributed by atoms with van der Waals surface area (Å²) in [5.74, 6) is 0.0346. The van der Waals surface area contributed by atoms with E-state index in [1.54, 1.807) is 18.3 Å². The van der Waals surface area contributed by atoms with Gasteiger partial charge in [-0.25, -0.2) is 9.78 Å². The number of fused-ring (bicyclic) bond motifs is 1. The summed E-state index contributed by atoms with van der Waals surface area (Å²) >= 11 is 0. The zero-order valence-corrected chi connectivity index (χ0v) is 10.5. The largest absolute Gasteiger partial charge is 0.478 e. The molecule has 0 aliphatic carbocycles. The lowest BCUT2D eigenvalue weighted by atomic mass is 9.96. The lowest BCUT2D eigenvalue weighted by Crippen LogP contribution is -2.15. The molecule has 0 saturated carbocycles. The van der Waals surface area contributed by atoms with Gasteiger partial charge in [0.25, 0.3) is 0 Å². The summed E-state index contributed by atoms with van der Waals surface area (Å²) in [5, 5.41) is 8.97. The van der Waals surface area contributed by atoms with E-state index in [1.165, 1.54) is 0 Å². The van der Waals surface area contributed by atoms with Gasteiger partial charge in [0.15, 0.2) is 0 Å². The molecule has 17 heavy (non-hydrogen) atoms. The molecule has 0 bridgehead atoms. The Balaban J connectivity index is 2.74. The summed E-state index contributed by atoms with van der Waals surface area (Å²) in [6, 6.07) is 3.27. The minimum absolute atomic E-state index is 0.0675. The van der Waals surface area contributed by atoms with E-state index >= 15 is 0 Å². The van der Waals surface area contributed by atoms with E-state index in [9.17, 15) is 4.79 Å². The predicted molar refractivity (Wildman–Crippen MR) is 65.6 cm³/mol. The number of carboxylic acid groups (broad SMARTS) is 1. The van der Waals surface area contributed by atoms with Crippen molar-refractivity contribution in [2.24, 2.45) is 0 Å². The Bertz CT molecular complexity index is 591. The fourth-order valence-corrected chi connectivity index (χ4v) is 1.90. The SMILES string of the molecule is Cc1nc(C(C)(C)C)n2ccc(C(=O)O)cc12. The van der Waals surface area contributed by atoms with Crippen molar-refractivity contribution >= 4 is 11.5 Å². The maximum absolute atomic E-state index is 10.9. The molecular formula is C13H16N2O2. The van der Waals surface area contributed by atoms with Crippen LogP contribution in [-0.4, -0.2) is 20.5 Å². The van der Waals surface area contributed by atoms with Crippen LogP contribution < -0.4 is 0 Å². The molecule has 2 aromatic rings. The molecule has 0 aliphatic rings. The van der Waals surface area contributed by atoms with Crippen molar-refractivity contribution in [2.75, 3.05) is 0 Å². The van der Waals surface area contributed by atoms with Gasteiger partial charge in [-0.3, -0.25) is 0 Å². The number of nitrogens with zero attached hydrogens (tertiary/aromatic N) is 2. The lowest BCUT2D eigenvalue weighted by molar-refractivity contribution is 0.0697. The molecule has 1 N–H and O–H groups in total. The Morgan fingerprint density at radius 2 is 2.06 bits per heavy atom. The maximum Gasteiger partial charge on any atom is 0.335 e. The van der Waals surface area contributed by atoms with Crippen LogP contribution in [0.5, 0.6) is 0 Å². The normalized spacial score (nSPS) is 12.0. The molecule has 0 fully saturated rings. The second-order valence-corrected chi connectivity index (χ2v) is 5.25. The van der Waals surface area contributed by atoms with Gasteiger partial charge in [0, 0.05) is 11.6 Å². The molecule has 0 unspecified atom stereocenters. The van der Waals surface area contributed by atoms with Crippen LogP contribution in [-0.2, 0) is 5.41 Å². The second-order valence-electron chi connectivity index (χ2n) is 5.25. The number of carbonyl (C=O) groups is 1. The van der Waals surface area contributed by atoms with Gasteiger partial charge >= 0.3 is 5.97 Å². The van der Waals surface area contributed by atoms with Crippen LogP contribution in [0, 0.1) is 6.92 Å². The van der Waals surface area contributed by atoms with Crippen LogP contribution in [0.15, 0.2) is 18.3 Å². The smallest absolute Gasteiger partial charge is 0.335 e. The zero-order valence-electron chi connectivity index (χ0n) is 10.5. The van der Waals surface area contributed by atoms with E-state index < -0.39 is 5.97 Å². The summed E-state index contributed by atoms with van der Waals surface area (Å²) in [6.45, 7) is 8.17. The summed E-state index contributed by atoms with van der Waals surface area (Å²) in [6.07, 6.45) is 1.78. The first-order valence-electron chi connectivity index (χ1n) is 5.53. The van der Waals surface area contributed by atoms with E-state index in [-0.39, 0.29) is 5.41 Å². The average Bonchev–Trinajstić information content (AvgIpc) is 2.55. The third-order valence-electron chi connectivity index (χ3n) is 2.75. The van der Waals surface area contributed by atoms with Gasteiger partial charge < -0.3 is 9.51 Å².